The number of nitrogens with one attached hydrogen (secondary N) is 2. The number of carbonyl (C=O) groups excluding carboxylic acids is 2. The molecule has 120 valence electrons. The average Bonchev–Trinajstić information content (AvgIpc) is 2.57. The lowest BCUT2D eigenvalue weighted by Crippen LogP contribution is -2.16. The largest absolute Gasteiger partial charge is 0.465 e. The van der Waals surface area contributed by atoms with E-state index in [1.54, 1.807) is 24.3 Å². The van der Waals surface area contributed by atoms with E-state index in [0.717, 1.165) is 15.8 Å². The molecule has 0 radical (unpaired) electrons. The van der Waals surface area contributed by atoms with Crippen molar-refractivity contribution < 1.29 is 14.3 Å². The van der Waals surface area contributed by atoms with Gasteiger partial charge in [0.05, 0.1) is 12.7 Å². The maximum absolute atomic E-state index is 11.8. The molecule has 6 heteroatoms. The summed E-state index contributed by atoms with van der Waals surface area (Å²) in [4.78, 5) is 23.2. The molecule has 0 aliphatic rings. The molecule has 0 atom stereocenters. The zero-order valence-electron chi connectivity index (χ0n) is 12.6. The molecule has 0 aliphatic heterocycles. The highest BCUT2D eigenvalue weighted by molar-refractivity contribution is 9.10. The first-order valence-corrected chi connectivity index (χ1v) is 7.85. The first-order chi connectivity index (χ1) is 11.1. The molecule has 5 nitrogen and oxygen atoms in total. The van der Waals surface area contributed by atoms with Crippen molar-refractivity contribution in [3.63, 3.8) is 0 Å². The molecule has 2 N–H and O–H groups in total. The Morgan fingerprint density at radius 2 is 1.61 bits per heavy atom. The van der Waals surface area contributed by atoms with Crippen LogP contribution in [0.3, 0.4) is 0 Å². The van der Waals surface area contributed by atoms with E-state index in [0.29, 0.717) is 18.5 Å². The van der Waals surface area contributed by atoms with Crippen molar-refractivity contribution in [3.05, 3.63) is 58.6 Å². The van der Waals surface area contributed by atoms with Crippen molar-refractivity contribution in [1.29, 1.82) is 0 Å². The van der Waals surface area contributed by atoms with Crippen LogP contribution in [-0.2, 0) is 9.53 Å². The van der Waals surface area contributed by atoms with Crippen molar-refractivity contribution >= 4 is 39.2 Å². The minimum absolute atomic E-state index is 0.0639. The summed E-state index contributed by atoms with van der Waals surface area (Å²) in [5.74, 6) is -0.434. The predicted molar refractivity (Wildman–Crippen MR) is 93.7 cm³/mol. The van der Waals surface area contributed by atoms with Crippen LogP contribution in [0.5, 0.6) is 0 Å². The van der Waals surface area contributed by atoms with Crippen LogP contribution in [0.4, 0.5) is 11.4 Å². The third-order valence-corrected chi connectivity index (χ3v) is 3.64. The van der Waals surface area contributed by atoms with Gasteiger partial charge in [-0.1, -0.05) is 15.9 Å². The van der Waals surface area contributed by atoms with E-state index in [1.807, 2.05) is 24.3 Å². The Morgan fingerprint density at radius 1 is 1.00 bits per heavy atom. The normalized spacial score (nSPS) is 10.0. The fourth-order valence-electron chi connectivity index (χ4n) is 1.92. The number of amides is 1. The summed E-state index contributed by atoms with van der Waals surface area (Å²) in [6.45, 7) is 0.500. The molecule has 0 aliphatic carbocycles. The van der Waals surface area contributed by atoms with E-state index < -0.39 is 0 Å². The summed E-state index contributed by atoms with van der Waals surface area (Å²) in [6, 6.07) is 14.3. The van der Waals surface area contributed by atoms with Gasteiger partial charge in [0.1, 0.15) is 0 Å². The van der Waals surface area contributed by atoms with Gasteiger partial charge in [0.2, 0.25) is 5.91 Å². The van der Waals surface area contributed by atoms with Crippen LogP contribution in [0.2, 0.25) is 0 Å². The molecule has 2 rings (SSSR count). The SMILES string of the molecule is COC(=O)c1ccc(NCCC(=O)Nc2ccc(Br)cc2)cc1. The minimum Gasteiger partial charge on any atom is -0.465 e. The van der Waals surface area contributed by atoms with Gasteiger partial charge >= 0.3 is 5.97 Å². The third-order valence-electron chi connectivity index (χ3n) is 3.12. The molecule has 23 heavy (non-hydrogen) atoms. The van der Waals surface area contributed by atoms with E-state index in [9.17, 15) is 9.59 Å². The Bertz CT molecular complexity index is 669. The number of hydrogen-bond donors (Lipinski definition) is 2. The summed E-state index contributed by atoms with van der Waals surface area (Å²) in [5, 5.41) is 5.96. The van der Waals surface area contributed by atoms with Gasteiger partial charge in [-0.25, -0.2) is 4.79 Å². The van der Waals surface area contributed by atoms with Gasteiger partial charge in [-0.15, -0.1) is 0 Å². The number of benzene rings is 2. The smallest absolute Gasteiger partial charge is 0.337 e. The van der Waals surface area contributed by atoms with Crippen molar-refractivity contribution in [3.8, 4) is 0 Å². The molecule has 0 saturated heterocycles. The lowest BCUT2D eigenvalue weighted by atomic mass is 10.2. The van der Waals surface area contributed by atoms with Crippen molar-refractivity contribution in [2.75, 3.05) is 24.3 Å². The highest BCUT2D eigenvalue weighted by Gasteiger charge is 2.05. The number of hydrogen-bond acceptors (Lipinski definition) is 4. The molecule has 2 aromatic carbocycles. The molecule has 0 unspecified atom stereocenters. The fourth-order valence-corrected chi connectivity index (χ4v) is 2.18. The second-order valence-corrected chi connectivity index (χ2v) is 5.72. The topological polar surface area (TPSA) is 67.4 Å². The van der Waals surface area contributed by atoms with Gasteiger partial charge < -0.3 is 15.4 Å². The third kappa shape index (κ3) is 5.41. The van der Waals surface area contributed by atoms with E-state index in [4.69, 9.17) is 0 Å². The Kier molecular flexibility index (Phi) is 6.17. The molecule has 1 amide bonds. The van der Waals surface area contributed by atoms with Crippen molar-refractivity contribution in [2.24, 2.45) is 0 Å². The summed E-state index contributed by atoms with van der Waals surface area (Å²) < 4.78 is 5.60. The average molecular weight is 377 g/mol. The molecule has 0 bridgehead atoms. The number of halogens is 1. The van der Waals surface area contributed by atoms with Crippen LogP contribution >= 0.6 is 15.9 Å². The number of methoxy groups -OCH3 is 1. The Hall–Kier alpha value is -2.34. The van der Waals surface area contributed by atoms with Crippen molar-refractivity contribution in [1.82, 2.24) is 0 Å². The quantitative estimate of drug-likeness (QED) is 0.754. The number of carbonyl (C=O) groups is 2. The highest BCUT2D eigenvalue weighted by atomic mass is 79.9. The van der Waals surface area contributed by atoms with Crippen LogP contribution in [0, 0.1) is 0 Å². The number of ether oxygens (including phenoxy) is 1. The lowest BCUT2D eigenvalue weighted by molar-refractivity contribution is -0.115. The van der Waals surface area contributed by atoms with Gasteiger partial charge in [0, 0.05) is 28.8 Å². The van der Waals surface area contributed by atoms with Gasteiger partial charge in [-0.05, 0) is 48.5 Å². The van der Waals surface area contributed by atoms with Gasteiger partial charge in [-0.3, -0.25) is 4.79 Å². The molecule has 0 saturated carbocycles. The van der Waals surface area contributed by atoms with Gasteiger partial charge in [-0.2, -0.15) is 0 Å². The second-order valence-electron chi connectivity index (χ2n) is 4.80. The Labute approximate surface area is 143 Å². The van der Waals surface area contributed by atoms with Crippen molar-refractivity contribution in [2.45, 2.75) is 6.42 Å². The number of esters is 1. The first kappa shape index (κ1) is 17.0. The van der Waals surface area contributed by atoms with Crippen LogP contribution in [0.1, 0.15) is 16.8 Å². The van der Waals surface area contributed by atoms with Crippen LogP contribution in [0.15, 0.2) is 53.0 Å². The van der Waals surface area contributed by atoms with Crippen LogP contribution in [0.25, 0.3) is 0 Å². The van der Waals surface area contributed by atoms with Gasteiger partial charge in [0.25, 0.3) is 0 Å². The molecule has 0 fully saturated rings. The Balaban J connectivity index is 1.77. The number of anilines is 2. The lowest BCUT2D eigenvalue weighted by Gasteiger charge is -2.08. The molecular weight excluding hydrogens is 360 g/mol. The van der Waals surface area contributed by atoms with Crippen LogP contribution < -0.4 is 10.6 Å². The van der Waals surface area contributed by atoms with Crippen LogP contribution in [-0.4, -0.2) is 25.5 Å². The number of rotatable bonds is 6. The molecule has 0 spiro atoms. The van der Waals surface area contributed by atoms with Gasteiger partial charge in [0.15, 0.2) is 0 Å². The second kappa shape index (κ2) is 8.33. The predicted octanol–water partition coefficient (Wildman–Crippen LogP) is 3.68. The maximum Gasteiger partial charge on any atom is 0.337 e. The zero-order chi connectivity index (χ0) is 16.7. The summed E-state index contributed by atoms with van der Waals surface area (Å²) >= 11 is 3.35. The summed E-state index contributed by atoms with van der Waals surface area (Å²) in [5.41, 5.74) is 2.10. The van der Waals surface area contributed by atoms with E-state index >= 15 is 0 Å². The molecule has 2 aromatic rings. The first-order valence-electron chi connectivity index (χ1n) is 7.06. The monoisotopic (exact) mass is 376 g/mol. The zero-order valence-corrected chi connectivity index (χ0v) is 14.2. The highest BCUT2D eigenvalue weighted by Crippen LogP contribution is 2.14. The maximum atomic E-state index is 11.8. The molecule has 0 aromatic heterocycles. The van der Waals surface area contributed by atoms with E-state index in [1.165, 1.54) is 7.11 Å². The van der Waals surface area contributed by atoms with E-state index in [2.05, 4.69) is 31.3 Å². The molecule has 0 heterocycles. The Morgan fingerprint density at radius 3 is 2.22 bits per heavy atom. The minimum atomic E-state index is -0.370. The summed E-state index contributed by atoms with van der Waals surface area (Å²) in [7, 11) is 1.35. The standard InChI is InChI=1S/C17H17BrN2O3/c1-23-17(22)12-2-6-14(7-3-12)19-11-10-16(21)20-15-8-4-13(18)5-9-15/h2-9,19H,10-11H2,1H3,(H,20,21). The summed E-state index contributed by atoms with van der Waals surface area (Å²) in [6.07, 6.45) is 0.342. The fraction of sp³-hybridized carbons (Fsp3) is 0.176. The van der Waals surface area contributed by atoms with E-state index in [-0.39, 0.29) is 11.9 Å². The molecular formula is C17H17BrN2O3.